The molecule has 4 atom stereocenters. The van der Waals surface area contributed by atoms with E-state index in [1.165, 1.54) is 18.2 Å². The Labute approximate surface area is 129 Å². The zero-order valence-corrected chi connectivity index (χ0v) is 12.5. The predicted molar refractivity (Wildman–Crippen MR) is 78.1 cm³/mol. The van der Waals surface area contributed by atoms with Crippen LogP contribution in [0.1, 0.15) is 6.42 Å². The van der Waals surface area contributed by atoms with Crippen LogP contribution < -0.4 is 5.32 Å². The summed E-state index contributed by atoms with van der Waals surface area (Å²) in [4.78, 5) is 23.8. The summed E-state index contributed by atoms with van der Waals surface area (Å²) in [6, 6.07) is 3.99. The summed E-state index contributed by atoms with van der Waals surface area (Å²) in [5, 5.41) is 12.0. The molecular formula is C15H13BrFNO3. The highest BCUT2D eigenvalue weighted by atomic mass is 79.9. The molecule has 0 saturated heterocycles. The highest BCUT2D eigenvalue weighted by Crippen LogP contribution is 2.48. The number of halogens is 2. The van der Waals surface area contributed by atoms with E-state index in [9.17, 15) is 19.1 Å². The van der Waals surface area contributed by atoms with Crippen LogP contribution in [0.25, 0.3) is 0 Å². The Morgan fingerprint density at radius 2 is 1.90 bits per heavy atom. The third-order valence-corrected chi connectivity index (χ3v) is 4.92. The van der Waals surface area contributed by atoms with Crippen molar-refractivity contribution in [2.24, 2.45) is 23.7 Å². The quantitative estimate of drug-likeness (QED) is 0.820. The lowest BCUT2D eigenvalue weighted by Gasteiger charge is -2.24. The predicted octanol–water partition coefficient (Wildman–Crippen LogP) is 3.05. The zero-order valence-electron chi connectivity index (χ0n) is 10.9. The number of anilines is 1. The van der Waals surface area contributed by atoms with E-state index in [0.29, 0.717) is 16.6 Å². The van der Waals surface area contributed by atoms with Crippen molar-refractivity contribution in [2.75, 3.05) is 5.32 Å². The van der Waals surface area contributed by atoms with Gasteiger partial charge in [-0.15, -0.1) is 0 Å². The summed E-state index contributed by atoms with van der Waals surface area (Å²) in [6.07, 6.45) is 4.49. The number of carbonyl (C=O) groups is 2. The minimum Gasteiger partial charge on any atom is -0.481 e. The average Bonchev–Trinajstić information content (AvgIpc) is 3.03. The molecule has 4 nitrogen and oxygen atoms in total. The first kappa shape index (κ1) is 14.3. The van der Waals surface area contributed by atoms with Crippen molar-refractivity contribution in [3.8, 4) is 0 Å². The molecular weight excluding hydrogens is 341 g/mol. The van der Waals surface area contributed by atoms with Crippen molar-refractivity contribution in [3.63, 3.8) is 0 Å². The molecule has 2 unspecified atom stereocenters. The highest BCUT2D eigenvalue weighted by molar-refractivity contribution is 9.10. The van der Waals surface area contributed by atoms with Crippen molar-refractivity contribution in [3.05, 3.63) is 40.6 Å². The molecule has 0 spiro atoms. The summed E-state index contributed by atoms with van der Waals surface area (Å²) in [5.74, 6) is -3.23. The smallest absolute Gasteiger partial charge is 0.307 e. The molecule has 2 aliphatic carbocycles. The van der Waals surface area contributed by atoms with Gasteiger partial charge in [-0.1, -0.05) is 12.2 Å². The average molecular weight is 354 g/mol. The van der Waals surface area contributed by atoms with Gasteiger partial charge in [-0.3, -0.25) is 9.59 Å². The normalized spacial score (nSPS) is 29.6. The molecule has 1 aromatic carbocycles. The molecule has 1 amide bonds. The van der Waals surface area contributed by atoms with Gasteiger partial charge in [0, 0.05) is 4.47 Å². The van der Waals surface area contributed by atoms with Crippen LogP contribution in [0.3, 0.4) is 0 Å². The summed E-state index contributed by atoms with van der Waals surface area (Å²) in [6.45, 7) is 0. The third kappa shape index (κ3) is 2.48. The van der Waals surface area contributed by atoms with Gasteiger partial charge in [0.25, 0.3) is 0 Å². The number of amides is 1. The molecule has 0 radical (unpaired) electrons. The fraction of sp³-hybridized carbons (Fsp3) is 0.333. The van der Waals surface area contributed by atoms with Gasteiger partial charge in [0.2, 0.25) is 5.91 Å². The van der Waals surface area contributed by atoms with Crippen LogP contribution in [0, 0.1) is 29.5 Å². The highest BCUT2D eigenvalue weighted by Gasteiger charge is 2.51. The van der Waals surface area contributed by atoms with E-state index < -0.39 is 23.6 Å². The monoisotopic (exact) mass is 353 g/mol. The molecule has 0 aromatic heterocycles. The number of benzene rings is 1. The fourth-order valence-corrected chi connectivity index (χ4v) is 3.67. The van der Waals surface area contributed by atoms with Gasteiger partial charge in [0.15, 0.2) is 0 Å². The Morgan fingerprint density at radius 1 is 1.24 bits per heavy atom. The lowest BCUT2D eigenvalue weighted by atomic mass is 9.82. The maximum absolute atomic E-state index is 13.3. The Kier molecular flexibility index (Phi) is 3.57. The Hall–Kier alpha value is -1.69. The zero-order chi connectivity index (χ0) is 15.1. The molecule has 2 aliphatic rings. The topological polar surface area (TPSA) is 66.4 Å². The van der Waals surface area contributed by atoms with Crippen LogP contribution in [0.5, 0.6) is 0 Å². The van der Waals surface area contributed by atoms with Crippen LogP contribution in [0.15, 0.2) is 34.8 Å². The minimum absolute atomic E-state index is 0.0524. The summed E-state index contributed by atoms with van der Waals surface area (Å²) >= 11 is 3.24. The summed E-state index contributed by atoms with van der Waals surface area (Å²) in [5.41, 5.74) is 0.316. The first-order valence-corrected chi connectivity index (χ1v) is 7.43. The number of carboxylic acids is 1. The molecule has 2 N–H and O–H groups in total. The Morgan fingerprint density at radius 3 is 2.57 bits per heavy atom. The van der Waals surface area contributed by atoms with Crippen LogP contribution in [-0.4, -0.2) is 17.0 Å². The van der Waals surface area contributed by atoms with E-state index in [-0.39, 0.29) is 17.7 Å². The molecule has 0 heterocycles. The second-order valence-electron chi connectivity index (χ2n) is 5.45. The largest absolute Gasteiger partial charge is 0.481 e. The van der Waals surface area contributed by atoms with E-state index in [4.69, 9.17) is 0 Å². The second-order valence-corrected chi connectivity index (χ2v) is 6.31. The van der Waals surface area contributed by atoms with E-state index in [1.807, 2.05) is 12.2 Å². The van der Waals surface area contributed by atoms with Crippen LogP contribution in [-0.2, 0) is 9.59 Å². The molecule has 110 valence electrons. The fourth-order valence-electron chi connectivity index (χ4n) is 3.33. The van der Waals surface area contributed by atoms with E-state index in [2.05, 4.69) is 21.2 Å². The molecule has 1 fully saturated rings. The van der Waals surface area contributed by atoms with Crippen LogP contribution >= 0.6 is 15.9 Å². The summed E-state index contributed by atoms with van der Waals surface area (Å²) < 4.78 is 13.8. The SMILES string of the molecule is O=C(O)[C@@H]1C2C=CC(C2)[C@@H]1C(=O)Nc1cc(F)ccc1Br. The van der Waals surface area contributed by atoms with Gasteiger partial charge in [-0.2, -0.15) is 0 Å². The van der Waals surface area contributed by atoms with Gasteiger partial charge in [0.1, 0.15) is 5.82 Å². The summed E-state index contributed by atoms with van der Waals surface area (Å²) in [7, 11) is 0. The number of hydrogen-bond donors (Lipinski definition) is 2. The first-order chi connectivity index (χ1) is 9.97. The maximum Gasteiger partial charge on any atom is 0.307 e. The number of fused-ring (bicyclic) bond motifs is 2. The number of carbonyl (C=O) groups excluding carboxylic acids is 1. The van der Waals surface area contributed by atoms with Crippen LogP contribution in [0.2, 0.25) is 0 Å². The van der Waals surface area contributed by atoms with Crippen molar-refractivity contribution < 1.29 is 19.1 Å². The minimum atomic E-state index is -0.953. The maximum atomic E-state index is 13.3. The number of allylic oxidation sites excluding steroid dienone is 2. The van der Waals surface area contributed by atoms with Gasteiger partial charge in [-0.05, 0) is 52.4 Å². The number of carboxylic acid groups (broad SMARTS) is 1. The molecule has 6 heteroatoms. The number of hydrogen-bond acceptors (Lipinski definition) is 2. The number of aliphatic carboxylic acids is 1. The number of rotatable bonds is 3. The molecule has 1 saturated carbocycles. The number of nitrogens with one attached hydrogen (secondary N) is 1. The van der Waals surface area contributed by atoms with Gasteiger partial charge < -0.3 is 10.4 Å². The van der Waals surface area contributed by atoms with E-state index in [0.717, 1.165) is 0 Å². The van der Waals surface area contributed by atoms with Gasteiger partial charge in [-0.25, -0.2) is 4.39 Å². The molecule has 3 rings (SSSR count). The lowest BCUT2D eigenvalue weighted by molar-refractivity contribution is -0.146. The van der Waals surface area contributed by atoms with Gasteiger partial charge in [0.05, 0.1) is 17.5 Å². The molecule has 0 aliphatic heterocycles. The van der Waals surface area contributed by atoms with Gasteiger partial charge >= 0.3 is 5.97 Å². The van der Waals surface area contributed by atoms with Crippen molar-refractivity contribution in [1.82, 2.24) is 0 Å². The Bertz CT molecular complexity index is 646. The van der Waals surface area contributed by atoms with Crippen molar-refractivity contribution in [2.45, 2.75) is 6.42 Å². The van der Waals surface area contributed by atoms with E-state index in [1.54, 1.807) is 0 Å². The first-order valence-electron chi connectivity index (χ1n) is 6.64. The second kappa shape index (κ2) is 5.26. The van der Waals surface area contributed by atoms with Crippen molar-refractivity contribution >= 4 is 33.5 Å². The molecule has 1 aromatic rings. The standard InChI is InChI=1S/C15H13BrFNO3/c16-10-4-3-9(17)6-11(10)18-14(19)12-7-1-2-8(5-7)13(12)15(20)21/h1-4,6-8,12-13H,5H2,(H,18,19)(H,20,21)/t7?,8?,12-,13+/m0/s1. The third-order valence-electron chi connectivity index (χ3n) is 4.23. The Balaban J connectivity index is 1.83. The van der Waals surface area contributed by atoms with E-state index >= 15 is 0 Å². The lowest BCUT2D eigenvalue weighted by Crippen LogP contribution is -2.36. The molecule has 21 heavy (non-hydrogen) atoms. The van der Waals surface area contributed by atoms with Crippen molar-refractivity contribution in [1.29, 1.82) is 0 Å². The molecule has 2 bridgehead atoms. The van der Waals surface area contributed by atoms with Crippen LogP contribution in [0.4, 0.5) is 10.1 Å².